The Morgan fingerprint density at radius 1 is 0.905 bits per heavy atom. The van der Waals surface area contributed by atoms with Gasteiger partial charge in [-0.1, -0.05) is 48.5 Å². The van der Waals surface area contributed by atoms with E-state index in [1.165, 1.54) is 11.3 Å². The fourth-order valence-electron chi connectivity index (χ4n) is 2.55. The summed E-state index contributed by atoms with van der Waals surface area (Å²) in [6, 6.07) is 21.1. The van der Waals surface area contributed by atoms with Crippen LogP contribution in [0.25, 0.3) is 0 Å². The maximum Gasteiger partial charge on any atom is 0.116 e. The zero-order chi connectivity index (χ0) is 14.3. The Hall–Kier alpha value is -2.29. The largest absolute Gasteiger partial charge is 0.372 e. The standard InChI is InChI=1S/C18H21N3/c1-3-8-16(9-4-1)14-21(17-10-5-2-6-11-17)15-18-19-12-7-13-20-18/h1-6,8-11H,7,12-15H2,(H,19,20). The SMILES string of the molecule is c1ccc(CN(CC2=NCCCN2)c2ccccc2)cc1. The molecule has 2 aromatic carbocycles. The number of rotatable bonds is 5. The minimum absolute atomic E-state index is 0.832. The third kappa shape index (κ3) is 3.85. The number of benzene rings is 2. The summed E-state index contributed by atoms with van der Waals surface area (Å²) in [5, 5.41) is 3.41. The summed E-state index contributed by atoms with van der Waals surface area (Å²) in [6.45, 7) is 3.70. The van der Waals surface area contributed by atoms with Crippen molar-refractivity contribution in [3.05, 3.63) is 66.2 Å². The van der Waals surface area contributed by atoms with E-state index in [1.54, 1.807) is 0 Å². The van der Waals surface area contributed by atoms with Crippen molar-refractivity contribution in [1.82, 2.24) is 5.32 Å². The monoisotopic (exact) mass is 279 g/mol. The highest BCUT2D eigenvalue weighted by Crippen LogP contribution is 2.16. The molecule has 0 aromatic heterocycles. The maximum atomic E-state index is 4.60. The number of aliphatic imine (C=N–C) groups is 1. The molecule has 0 amide bonds. The average Bonchev–Trinajstić information content (AvgIpc) is 2.57. The molecule has 0 saturated carbocycles. The summed E-state index contributed by atoms with van der Waals surface area (Å²) in [7, 11) is 0. The summed E-state index contributed by atoms with van der Waals surface area (Å²) in [5.41, 5.74) is 2.55. The molecule has 0 saturated heterocycles. The Morgan fingerprint density at radius 2 is 1.62 bits per heavy atom. The summed E-state index contributed by atoms with van der Waals surface area (Å²) >= 11 is 0. The first-order valence-corrected chi connectivity index (χ1v) is 7.53. The predicted octanol–water partition coefficient (Wildman–Crippen LogP) is 3.09. The van der Waals surface area contributed by atoms with E-state index in [0.717, 1.165) is 38.4 Å². The van der Waals surface area contributed by atoms with Crippen molar-refractivity contribution >= 4 is 11.5 Å². The molecular formula is C18H21N3. The highest BCUT2D eigenvalue weighted by molar-refractivity contribution is 5.87. The molecule has 3 rings (SSSR count). The lowest BCUT2D eigenvalue weighted by molar-refractivity contribution is 0.722. The maximum absolute atomic E-state index is 4.60. The van der Waals surface area contributed by atoms with Crippen molar-refractivity contribution in [3.8, 4) is 0 Å². The van der Waals surface area contributed by atoms with Crippen LogP contribution in [0.15, 0.2) is 65.7 Å². The molecule has 1 aliphatic heterocycles. The van der Waals surface area contributed by atoms with Gasteiger partial charge in [0, 0.05) is 25.3 Å². The van der Waals surface area contributed by atoms with Crippen LogP contribution in [0, 0.1) is 0 Å². The quantitative estimate of drug-likeness (QED) is 0.911. The van der Waals surface area contributed by atoms with Crippen molar-refractivity contribution in [2.45, 2.75) is 13.0 Å². The van der Waals surface area contributed by atoms with Crippen molar-refractivity contribution in [3.63, 3.8) is 0 Å². The number of hydrogen-bond acceptors (Lipinski definition) is 3. The highest BCUT2D eigenvalue weighted by Gasteiger charge is 2.12. The van der Waals surface area contributed by atoms with E-state index < -0.39 is 0 Å². The first-order chi connectivity index (χ1) is 10.4. The van der Waals surface area contributed by atoms with E-state index in [2.05, 4.69) is 75.9 Å². The minimum atomic E-state index is 0.832. The Labute approximate surface area is 126 Å². The molecule has 3 nitrogen and oxygen atoms in total. The summed E-state index contributed by atoms with van der Waals surface area (Å²) in [6.07, 6.45) is 1.13. The number of anilines is 1. The van der Waals surface area contributed by atoms with Crippen LogP contribution < -0.4 is 10.2 Å². The van der Waals surface area contributed by atoms with Gasteiger partial charge in [0.25, 0.3) is 0 Å². The molecular weight excluding hydrogens is 258 g/mol. The lowest BCUT2D eigenvalue weighted by Crippen LogP contribution is -2.39. The summed E-state index contributed by atoms with van der Waals surface area (Å²) in [4.78, 5) is 6.97. The lowest BCUT2D eigenvalue weighted by atomic mass is 10.2. The second-order valence-electron chi connectivity index (χ2n) is 5.29. The molecule has 108 valence electrons. The van der Waals surface area contributed by atoms with Crippen molar-refractivity contribution in [2.24, 2.45) is 4.99 Å². The Bertz CT molecular complexity index is 578. The molecule has 2 aromatic rings. The van der Waals surface area contributed by atoms with Crippen LogP contribution in [-0.4, -0.2) is 25.5 Å². The zero-order valence-corrected chi connectivity index (χ0v) is 12.2. The van der Waals surface area contributed by atoms with Gasteiger partial charge < -0.3 is 10.2 Å². The number of nitrogens with one attached hydrogen (secondary N) is 1. The fourth-order valence-corrected chi connectivity index (χ4v) is 2.55. The van der Waals surface area contributed by atoms with Gasteiger partial charge in [-0.05, 0) is 24.1 Å². The number of hydrogen-bond donors (Lipinski definition) is 1. The van der Waals surface area contributed by atoms with Crippen molar-refractivity contribution < 1.29 is 0 Å². The Balaban J connectivity index is 1.79. The van der Waals surface area contributed by atoms with Gasteiger partial charge in [-0.2, -0.15) is 0 Å². The highest BCUT2D eigenvalue weighted by atomic mass is 15.2. The minimum Gasteiger partial charge on any atom is -0.372 e. The molecule has 0 radical (unpaired) electrons. The third-order valence-electron chi connectivity index (χ3n) is 3.64. The molecule has 0 bridgehead atoms. The molecule has 3 heteroatoms. The number of amidine groups is 1. The Morgan fingerprint density at radius 3 is 2.29 bits per heavy atom. The molecule has 0 unspecified atom stereocenters. The smallest absolute Gasteiger partial charge is 0.116 e. The van der Waals surface area contributed by atoms with Crippen LogP contribution in [0.3, 0.4) is 0 Å². The Kier molecular flexibility index (Phi) is 4.52. The topological polar surface area (TPSA) is 27.6 Å². The van der Waals surface area contributed by atoms with Crippen molar-refractivity contribution in [2.75, 3.05) is 24.5 Å². The van der Waals surface area contributed by atoms with Gasteiger partial charge in [-0.25, -0.2) is 0 Å². The molecule has 0 spiro atoms. The number of para-hydroxylation sites is 1. The van der Waals surface area contributed by atoms with E-state index in [9.17, 15) is 0 Å². The van der Waals surface area contributed by atoms with Crippen LogP contribution in [0.1, 0.15) is 12.0 Å². The van der Waals surface area contributed by atoms with Gasteiger partial charge >= 0.3 is 0 Å². The van der Waals surface area contributed by atoms with Crippen LogP contribution in [0.4, 0.5) is 5.69 Å². The predicted molar refractivity (Wildman–Crippen MR) is 88.9 cm³/mol. The number of nitrogens with zero attached hydrogens (tertiary/aromatic N) is 2. The van der Waals surface area contributed by atoms with Gasteiger partial charge in [0.15, 0.2) is 0 Å². The molecule has 21 heavy (non-hydrogen) atoms. The summed E-state index contributed by atoms with van der Waals surface area (Å²) in [5.74, 6) is 1.10. The second-order valence-corrected chi connectivity index (χ2v) is 5.29. The normalized spacial score (nSPS) is 14.2. The van der Waals surface area contributed by atoms with Crippen LogP contribution in [0.5, 0.6) is 0 Å². The van der Waals surface area contributed by atoms with Crippen LogP contribution >= 0.6 is 0 Å². The van der Waals surface area contributed by atoms with E-state index in [-0.39, 0.29) is 0 Å². The lowest BCUT2D eigenvalue weighted by Gasteiger charge is -2.27. The average molecular weight is 279 g/mol. The van der Waals surface area contributed by atoms with E-state index >= 15 is 0 Å². The molecule has 0 fully saturated rings. The third-order valence-corrected chi connectivity index (χ3v) is 3.64. The van der Waals surface area contributed by atoms with E-state index in [4.69, 9.17) is 0 Å². The molecule has 0 atom stereocenters. The van der Waals surface area contributed by atoms with E-state index in [0.29, 0.717) is 0 Å². The first-order valence-electron chi connectivity index (χ1n) is 7.53. The zero-order valence-electron chi connectivity index (χ0n) is 12.2. The van der Waals surface area contributed by atoms with Crippen molar-refractivity contribution in [1.29, 1.82) is 0 Å². The van der Waals surface area contributed by atoms with Gasteiger partial charge in [-0.3, -0.25) is 4.99 Å². The summed E-state index contributed by atoms with van der Waals surface area (Å²) < 4.78 is 0. The first kappa shape index (κ1) is 13.7. The van der Waals surface area contributed by atoms with Gasteiger partial charge in [-0.15, -0.1) is 0 Å². The molecule has 0 aliphatic carbocycles. The fraction of sp³-hybridized carbons (Fsp3) is 0.278. The second kappa shape index (κ2) is 6.93. The van der Waals surface area contributed by atoms with Crippen LogP contribution in [-0.2, 0) is 6.54 Å². The van der Waals surface area contributed by atoms with Gasteiger partial charge in [0.1, 0.15) is 5.84 Å². The molecule has 1 aliphatic rings. The molecule has 1 heterocycles. The van der Waals surface area contributed by atoms with E-state index in [1.807, 2.05) is 0 Å². The van der Waals surface area contributed by atoms with Crippen LogP contribution in [0.2, 0.25) is 0 Å². The molecule has 1 N–H and O–H groups in total. The van der Waals surface area contributed by atoms with Gasteiger partial charge in [0.2, 0.25) is 0 Å². The van der Waals surface area contributed by atoms with Gasteiger partial charge in [0.05, 0.1) is 6.54 Å².